The van der Waals surface area contributed by atoms with Crippen LogP contribution >= 0.6 is 35.1 Å². The van der Waals surface area contributed by atoms with Crippen LogP contribution in [0.5, 0.6) is 0 Å². The van der Waals surface area contributed by atoms with E-state index in [0.29, 0.717) is 36.3 Å². The molecule has 2 fully saturated rings. The number of piperazine rings is 1. The molecule has 1 atom stereocenters. The van der Waals surface area contributed by atoms with Crippen LogP contribution in [0.3, 0.4) is 0 Å². The van der Waals surface area contributed by atoms with Gasteiger partial charge in [-0.1, -0.05) is 61.4 Å². The number of aromatic nitrogens is 2. The van der Waals surface area contributed by atoms with E-state index in [9.17, 15) is 21.6 Å². The third kappa shape index (κ3) is 12.9. The molecule has 0 unspecified atom stereocenters. The predicted octanol–water partition coefficient (Wildman–Crippen LogP) is 10.8. The largest absolute Gasteiger partial charge is 0.446 e. The Morgan fingerprint density at radius 2 is 1.65 bits per heavy atom. The molecule has 1 aliphatic carbocycles. The number of sulfonamides is 1. The summed E-state index contributed by atoms with van der Waals surface area (Å²) in [5.74, 6) is 0.633. The molecule has 0 bridgehead atoms. The van der Waals surface area contributed by atoms with Gasteiger partial charge in [-0.3, -0.25) is 14.5 Å². The van der Waals surface area contributed by atoms with E-state index in [0.717, 1.165) is 93.3 Å². The molecule has 8 rings (SSSR count). The summed E-state index contributed by atoms with van der Waals surface area (Å²) in [6.45, 7) is 12.6. The van der Waals surface area contributed by atoms with Gasteiger partial charge >= 0.3 is 5.51 Å². The SMILES string of the molecule is CC1(C)CCC(c2ccc(Cl)cc2)=C(CN2CCN(c3ccc4c(NS(=O)(=O)c5ccc(N[C@H](CCN6CCOCC6)CSc6ccccc6)c(SC(F)(F)F)c5)ncnc4c3)CC2)C1. The maximum atomic E-state index is 14.1. The highest BCUT2D eigenvalue weighted by Crippen LogP contribution is 2.44. The molecule has 0 saturated carbocycles. The van der Waals surface area contributed by atoms with Crippen molar-refractivity contribution >= 4 is 78.8 Å². The minimum absolute atomic E-state index is 0.0416. The minimum atomic E-state index is -4.66. The molecule has 2 N–H and O–H groups in total. The van der Waals surface area contributed by atoms with E-state index in [-0.39, 0.29) is 44.5 Å². The van der Waals surface area contributed by atoms with Gasteiger partial charge in [0.1, 0.15) is 6.33 Å². The van der Waals surface area contributed by atoms with Crippen LogP contribution in [0.25, 0.3) is 16.5 Å². The first kappa shape index (κ1) is 47.5. The van der Waals surface area contributed by atoms with E-state index < -0.39 is 15.5 Å². The molecule has 0 amide bonds. The second-order valence-electron chi connectivity index (χ2n) is 17.6. The molecule has 0 spiro atoms. The van der Waals surface area contributed by atoms with Crippen LogP contribution in [0, 0.1) is 5.41 Å². The fraction of sp³-hybridized carbons (Fsp3) is 0.417. The van der Waals surface area contributed by atoms with Crippen LogP contribution in [-0.4, -0.2) is 111 Å². The summed E-state index contributed by atoms with van der Waals surface area (Å²) >= 11 is 7.50. The molecule has 0 radical (unpaired) electrons. The number of benzene rings is 4. The van der Waals surface area contributed by atoms with E-state index in [1.54, 1.807) is 17.8 Å². The Labute approximate surface area is 393 Å². The summed E-state index contributed by atoms with van der Waals surface area (Å²) in [6.07, 6.45) is 5.22. The number of hydrogen-bond donors (Lipinski definition) is 2. The third-order valence-electron chi connectivity index (χ3n) is 12.3. The standard InChI is InChI=1S/C48H55ClF3N7O3S3/c1-47(2)18-16-41(34-8-10-36(49)11-9-34)35(30-47)31-58-20-22-59(23-21-58)38-12-14-42-44(28-38)53-33-54-46(42)56-65(60,61)40-13-15-43(45(29-40)64-48(50,51)52)55-37(17-19-57-24-26-62-27-25-57)32-63-39-6-4-3-5-7-39/h3-15,28-29,33,37,55H,16-27,30-32H2,1-2H3,(H,53,54,56)/t37-/m1/s1. The average Bonchev–Trinajstić information content (AvgIpc) is 3.28. The molecule has 65 heavy (non-hydrogen) atoms. The number of allylic oxidation sites excluding steroid dienone is 1. The summed E-state index contributed by atoms with van der Waals surface area (Å²) in [5.41, 5.74) is 1.50. The lowest BCUT2D eigenvalue weighted by Gasteiger charge is -2.39. The van der Waals surface area contributed by atoms with Crippen molar-refractivity contribution in [3.05, 3.63) is 113 Å². The fourth-order valence-electron chi connectivity index (χ4n) is 8.80. The molecular weight excluding hydrogens is 911 g/mol. The average molecular weight is 967 g/mol. The Balaban J connectivity index is 0.954. The highest BCUT2D eigenvalue weighted by atomic mass is 35.5. The van der Waals surface area contributed by atoms with E-state index in [1.165, 1.54) is 35.2 Å². The van der Waals surface area contributed by atoms with Crippen molar-refractivity contribution in [3.63, 3.8) is 0 Å². The van der Waals surface area contributed by atoms with Gasteiger partial charge in [0, 0.05) is 95.7 Å². The second kappa shape index (κ2) is 20.9. The molecule has 5 aromatic rings. The molecule has 346 valence electrons. The van der Waals surface area contributed by atoms with E-state index in [1.807, 2.05) is 54.6 Å². The van der Waals surface area contributed by atoms with Crippen molar-refractivity contribution in [2.24, 2.45) is 5.41 Å². The van der Waals surface area contributed by atoms with E-state index >= 15 is 0 Å². The molecule has 2 saturated heterocycles. The van der Waals surface area contributed by atoms with Crippen molar-refractivity contribution < 1.29 is 26.3 Å². The quantitative estimate of drug-likeness (QED) is 0.0924. The summed E-state index contributed by atoms with van der Waals surface area (Å²) in [5, 5.41) is 4.56. The third-order valence-corrected chi connectivity index (χ3v) is 15.9. The van der Waals surface area contributed by atoms with Gasteiger partial charge in [0.2, 0.25) is 0 Å². The smallest absolute Gasteiger partial charge is 0.381 e. The summed E-state index contributed by atoms with van der Waals surface area (Å²) in [6, 6.07) is 27.3. The first-order chi connectivity index (χ1) is 31.2. The first-order valence-corrected chi connectivity index (χ1v) is 25.7. The number of hydrogen-bond acceptors (Lipinski definition) is 11. The lowest BCUT2D eigenvalue weighted by molar-refractivity contribution is -0.0328. The maximum absolute atomic E-state index is 14.1. The van der Waals surface area contributed by atoms with Crippen LogP contribution in [0.15, 0.2) is 118 Å². The number of alkyl halides is 3. The van der Waals surface area contributed by atoms with E-state index in [4.69, 9.17) is 16.3 Å². The number of nitrogens with one attached hydrogen (secondary N) is 2. The van der Waals surface area contributed by atoms with Crippen molar-refractivity contribution in [1.29, 1.82) is 0 Å². The number of fused-ring (bicyclic) bond motifs is 1. The maximum Gasteiger partial charge on any atom is 0.446 e. The number of thioether (sulfide) groups is 2. The predicted molar refractivity (Wildman–Crippen MR) is 260 cm³/mol. The molecule has 10 nitrogen and oxygen atoms in total. The minimum Gasteiger partial charge on any atom is -0.381 e. The van der Waals surface area contributed by atoms with Gasteiger partial charge < -0.3 is 15.0 Å². The normalized spacial score (nSPS) is 18.2. The highest BCUT2D eigenvalue weighted by Gasteiger charge is 2.33. The van der Waals surface area contributed by atoms with E-state index in [2.05, 4.69) is 60.7 Å². The van der Waals surface area contributed by atoms with Crippen molar-refractivity contribution in [2.75, 3.05) is 86.3 Å². The Morgan fingerprint density at radius 1 is 0.892 bits per heavy atom. The van der Waals surface area contributed by atoms with Gasteiger partial charge in [-0.05, 0) is 115 Å². The highest BCUT2D eigenvalue weighted by molar-refractivity contribution is 8.00. The lowest BCUT2D eigenvalue weighted by Crippen LogP contribution is -2.47. The van der Waals surface area contributed by atoms with Crippen molar-refractivity contribution in [2.45, 2.75) is 65.8 Å². The van der Waals surface area contributed by atoms with Crippen LogP contribution in [0.1, 0.15) is 45.1 Å². The molecule has 3 heterocycles. The van der Waals surface area contributed by atoms with Crippen LogP contribution in [-0.2, 0) is 14.8 Å². The molecule has 4 aromatic carbocycles. The van der Waals surface area contributed by atoms with Gasteiger partial charge in [-0.2, -0.15) is 13.2 Å². The van der Waals surface area contributed by atoms with Gasteiger partial charge in [0.05, 0.1) is 23.6 Å². The lowest BCUT2D eigenvalue weighted by atomic mass is 9.73. The van der Waals surface area contributed by atoms with Crippen LogP contribution < -0.4 is 14.9 Å². The molecule has 2 aliphatic heterocycles. The molecule has 17 heteroatoms. The molecular formula is C48H55ClF3N7O3S3. The Morgan fingerprint density at radius 3 is 2.38 bits per heavy atom. The number of anilines is 3. The first-order valence-electron chi connectivity index (χ1n) is 22.0. The number of halogens is 4. The Bertz CT molecular complexity index is 2550. The summed E-state index contributed by atoms with van der Waals surface area (Å²) in [4.78, 5) is 16.4. The van der Waals surface area contributed by atoms with Crippen molar-refractivity contribution in [1.82, 2.24) is 19.8 Å². The summed E-state index contributed by atoms with van der Waals surface area (Å²) in [7, 11) is -4.38. The second-order valence-corrected chi connectivity index (χ2v) is 22.0. The number of ether oxygens (including phenoxy) is 1. The number of nitrogens with zero attached hydrogens (tertiary/aromatic N) is 5. The van der Waals surface area contributed by atoms with Crippen LogP contribution in [0.2, 0.25) is 5.02 Å². The zero-order valence-electron chi connectivity index (χ0n) is 36.6. The van der Waals surface area contributed by atoms with Gasteiger partial charge in [-0.25, -0.2) is 18.4 Å². The number of rotatable bonds is 16. The Hall–Kier alpha value is -4.03. The number of morpholine rings is 1. The zero-order chi connectivity index (χ0) is 45.6. The topological polar surface area (TPSA) is 103 Å². The van der Waals surface area contributed by atoms with Gasteiger partial charge in [-0.15, -0.1) is 11.8 Å². The van der Waals surface area contributed by atoms with Crippen LogP contribution in [0.4, 0.5) is 30.4 Å². The van der Waals surface area contributed by atoms with Gasteiger partial charge in [0.15, 0.2) is 5.82 Å². The zero-order valence-corrected chi connectivity index (χ0v) is 39.8. The van der Waals surface area contributed by atoms with Crippen molar-refractivity contribution in [3.8, 4) is 0 Å². The molecule has 3 aliphatic rings. The monoisotopic (exact) mass is 965 g/mol. The fourth-order valence-corrected chi connectivity index (χ4v) is 11.7. The summed E-state index contributed by atoms with van der Waals surface area (Å²) < 4.78 is 78.2. The Kier molecular flexibility index (Phi) is 15.2. The molecule has 1 aromatic heterocycles. The van der Waals surface area contributed by atoms with Gasteiger partial charge in [0.25, 0.3) is 10.0 Å².